The number of fused-ring (bicyclic) bond motifs is 1. The van der Waals surface area contributed by atoms with E-state index in [1.807, 2.05) is 24.3 Å². The van der Waals surface area contributed by atoms with Gasteiger partial charge in [-0.15, -0.1) is 0 Å². The van der Waals surface area contributed by atoms with Gasteiger partial charge in [-0.1, -0.05) is 31.2 Å². The first-order valence-electron chi connectivity index (χ1n) is 6.21. The van der Waals surface area contributed by atoms with E-state index in [-0.39, 0.29) is 5.56 Å². The standard InChI is InChI=1S/C15H17NO2/c1-2-3-4-7-10-18-14-11-15(17)16-13-9-6-5-8-12(13)14/h3-6,8-9,11H,2,7,10H2,1H3,(H,16,17)/b4-3+. The van der Waals surface area contributed by atoms with Crippen LogP contribution in [-0.4, -0.2) is 11.6 Å². The highest BCUT2D eigenvalue weighted by Gasteiger charge is 2.03. The van der Waals surface area contributed by atoms with E-state index >= 15 is 0 Å². The Balaban J connectivity index is 2.17. The molecule has 94 valence electrons. The maximum absolute atomic E-state index is 11.5. The van der Waals surface area contributed by atoms with Crippen molar-refractivity contribution in [3.05, 3.63) is 52.8 Å². The van der Waals surface area contributed by atoms with Gasteiger partial charge in [0.2, 0.25) is 0 Å². The van der Waals surface area contributed by atoms with E-state index in [9.17, 15) is 4.79 Å². The van der Waals surface area contributed by atoms with Crippen molar-refractivity contribution < 1.29 is 4.74 Å². The summed E-state index contributed by atoms with van der Waals surface area (Å²) in [5, 5.41) is 0.941. The molecule has 3 nitrogen and oxygen atoms in total. The number of pyridine rings is 1. The van der Waals surface area contributed by atoms with Crippen LogP contribution in [0.5, 0.6) is 5.75 Å². The average molecular weight is 243 g/mol. The summed E-state index contributed by atoms with van der Waals surface area (Å²) in [5.74, 6) is 0.652. The second-order valence-electron chi connectivity index (χ2n) is 4.06. The molecule has 2 rings (SSSR count). The van der Waals surface area contributed by atoms with Crippen molar-refractivity contribution >= 4 is 10.9 Å². The Labute approximate surface area is 106 Å². The lowest BCUT2D eigenvalue weighted by molar-refractivity contribution is 0.328. The Morgan fingerprint density at radius 2 is 2.11 bits per heavy atom. The number of para-hydroxylation sites is 1. The number of allylic oxidation sites excluding steroid dienone is 1. The van der Waals surface area contributed by atoms with Crippen molar-refractivity contribution in [1.29, 1.82) is 0 Å². The Kier molecular flexibility index (Phi) is 4.18. The predicted octanol–water partition coefficient (Wildman–Crippen LogP) is 3.26. The third kappa shape index (κ3) is 3.00. The van der Waals surface area contributed by atoms with E-state index in [1.54, 1.807) is 0 Å². The lowest BCUT2D eigenvalue weighted by atomic mass is 10.2. The zero-order chi connectivity index (χ0) is 12.8. The van der Waals surface area contributed by atoms with E-state index in [0.29, 0.717) is 12.4 Å². The van der Waals surface area contributed by atoms with Crippen LogP contribution in [-0.2, 0) is 0 Å². The highest BCUT2D eigenvalue weighted by molar-refractivity contribution is 5.84. The van der Waals surface area contributed by atoms with Crippen LogP contribution in [0.25, 0.3) is 10.9 Å². The molecule has 1 N–H and O–H groups in total. The molecule has 1 aromatic carbocycles. The first-order valence-corrected chi connectivity index (χ1v) is 6.21. The maximum Gasteiger partial charge on any atom is 0.252 e. The fourth-order valence-corrected chi connectivity index (χ4v) is 1.81. The highest BCUT2D eigenvalue weighted by Crippen LogP contribution is 2.21. The number of hydrogen-bond donors (Lipinski definition) is 1. The molecule has 0 amide bonds. The van der Waals surface area contributed by atoms with Crippen LogP contribution in [0.4, 0.5) is 0 Å². The zero-order valence-electron chi connectivity index (χ0n) is 10.5. The summed E-state index contributed by atoms with van der Waals surface area (Å²) in [5.41, 5.74) is 0.678. The summed E-state index contributed by atoms with van der Waals surface area (Å²) >= 11 is 0. The van der Waals surface area contributed by atoms with Crippen molar-refractivity contribution in [1.82, 2.24) is 4.98 Å². The third-order valence-electron chi connectivity index (χ3n) is 2.66. The number of aromatic amines is 1. The molecule has 3 heteroatoms. The molecule has 0 spiro atoms. The lowest BCUT2D eigenvalue weighted by Crippen LogP contribution is -2.06. The molecule has 1 aromatic heterocycles. The quantitative estimate of drug-likeness (QED) is 0.647. The highest BCUT2D eigenvalue weighted by atomic mass is 16.5. The Morgan fingerprint density at radius 3 is 2.94 bits per heavy atom. The van der Waals surface area contributed by atoms with Gasteiger partial charge in [0.25, 0.3) is 5.56 Å². The van der Waals surface area contributed by atoms with Gasteiger partial charge in [-0.2, -0.15) is 0 Å². The third-order valence-corrected chi connectivity index (χ3v) is 2.66. The van der Waals surface area contributed by atoms with Crippen LogP contribution in [0, 0.1) is 0 Å². The van der Waals surface area contributed by atoms with Crippen LogP contribution in [0.15, 0.2) is 47.3 Å². The normalized spacial score (nSPS) is 11.2. The molecule has 0 atom stereocenters. The topological polar surface area (TPSA) is 42.1 Å². The van der Waals surface area contributed by atoms with Crippen LogP contribution in [0.2, 0.25) is 0 Å². The molecule has 0 fully saturated rings. The summed E-state index contributed by atoms with van der Waals surface area (Å²) in [4.78, 5) is 14.3. The maximum atomic E-state index is 11.5. The summed E-state index contributed by atoms with van der Waals surface area (Å²) in [7, 11) is 0. The van der Waals surface area contributed by atoms with Gasteiger partial charge in [0.05, 0.1) is 12.1 Å². The van der Waals surface area contributed by atoms with Crippen molar-refractivity contribution in [3.63, 3.8) is 0 Å². The summed E-state index contributed by atoms with van der Waals surface area (Å²) in [6.45, 7) is 2.69. The molecule has 0 bridgehead atoms. The molecule has 0 unspecified atom stereocenters. The number of hydrogen-bond acceptors (Lipinski definition) is 2. The monoisotopic (exact) mass is 243 g/mol. The van der Waals surface area contributed by atoms with E-state index in [4.69, 9.17) is 4.74 Å². The van der Waals surface area contributed by atoms with Crippen molar-refractivity contribution in [3.8, 4) is 5.75 Å². The number of benzene rings is 1. The lowest BCUT2D eigenvalue weighted by Gasteiger charge is -2.07. The van der Waals surface area contributed by atoms with Crippen LogP contribution >= 0.6 is 0 Å². The number of nitrogens with one attached hydrogen (secondary N) is 1. The molecule has 0 aliphatic carbocycles. The van der Waals surface area contributed by atoms with Gasteiger partial charge >= 0.3 is 0 Å². The summed E-state index contributed by atoms with van der Waals surface area (Å²) in [6, 6.07) is 9.16. The molecule has 1 heterocycles. The molecular weight excluding hydrogens is 226 g/mol. The van der Waals surface area contributed by atoms with Crippen molar-refractivity contribution in [2.24, 2.45) is 0 Å². The molecule has 0 saturated carbocycles. The van der Waals surface area contributed by atoms with E-state index < -0.39 is 0 Å². The minimum atomic E-state index is -0.132. The fourth-order valence-electron chi connectivity index (χ4n) is 1.81. The van der Waals surface area contributed by atoms with Gasteiger partial charge in [0, 0.05) is 11.5 Å². The van der Waals surface area contributed by atoms with Gasteiger partial charge in [-0.3, -0.25) is 4.79 Å². The fraction of sp³-hybridized carbons (Fsp3) is 0.267. The van der Waals surface area contributed by atoms with E-state index in [1.165, 1.54) is 6.07 Å². The number of ether oxygens (including phenoxy) is 1. The minimum absolute atomic E-state index is 0.132. The Bertz CT molecular complexity index is 599. The van der Waals surface area contributed by atoms with Crippen LogP contribution < -0.4 is 10.3 Å². The number of H-pyrrole nitrogens is 1. The zero-order valence-corrected chi connectivity index (χ0v) is 10.5. The van der Waals surface area contributed by atoms with Crippen LogP contribution in [0.1, 0.15) is 19.8 Å². The second kappa shape index (κ2) is 6.05. The minimum Gasteiger partial charge on any atom is -0.492 e. The summed E-state index contributed by atoms with van der Waals surface area (Å²) in [6.07, 6.45) is 6.09. The number of aromatic nitrogens is 1. The largest absolute Gasteiger partial charge is 0.492 e. The van der Waals surface area contributed by atoms with E-state index in [2.05, 4.69) is 24.1 Å². The predicted molar refractivity (Wildman–Crippen MR) is 74.1 cm³/mol. The Hall–Kier alpha value is -2.03. The second-order valence-corrected chi connectivity index (χ2v) is 4.06. The molecule has 0 aliphatic rings. The first-order chi connectivity index (χ1) is 8.81. The van der Waals surface area contributed by atoms with Gasteiger partial charge in [-0.05, 0) is 25.0 Å². The number of rotatable bonds is 5. The molecule has 0 aliphatic heterocycles. The van der Waals surface area contributed by atoms with Gasteiger partial charge in [0.15, 0.2) is 0 Å². The molecule has 2 aromatic rings. The van der Waals surface area contributed by atoms with Gasteiger partial charge < -0.3 is 9.72 Å². The van der Waals surface area contributed by atoms with Gasteiger partial charge in [-0.25, -0.2) is 0 Å². The summed E-state index contributed by atoms with van der Waals surface area (Å²) < 4.78 is 5.68. The average Bonchev–Trinajstić information content (AvgIpc) is 2.38. The Morgan fingerprint density at radius 1 is 1.28 bits per heavy atom. The molecule has 0 saturated heterocycles. The first kappa shape index (κ1) is 12.4. The smallest absolute Gasteiger partial charge is 0.252 e. The van der Waals surface area contributed by atoms with Gasteiger partial charge in [0.1, 0.15) is 5.75 Å². The molecule has 0 radical (unpaired) electrons. The SMILES string of the molecule is CC/C=C/CCOc1cc(=O)[nH]c2ccccc12. The van der Waals surface area contributed by atoms with Crippen LogP contribution in [0.3, 0.4) is 0 Å². The molecule has 18 heavy (non-hydrogen) atoms. The van der Waals surface area contributed by atoms with Crippen molar-refractivity contribution in [2.45, 2.75) is 19.8 Å². The van der Waals surface area contributed by atoms with E-state index in [0.717, 1.165) is 23.7 Å². The molecular formula is C15H17NO2. The van der Waals surface area contributed by atoms with Crippen molar-refractivity contribution in [2.75, 3.05) is 6.61 Å².